The molecule has 0 aromatic rings. The number of hydrogen-bond acceptors (Lipinski definition) is 3. The molecule has 0 fully saturated rings. The summed E-state index contributed by atoms with van der Waals surface area (Å²) in [6.07, 6.45) is 8.11. The second-order valence-corrected chi connectivity index (χ2v) is 4.86. The van der Waals surface area contributed by atoms with Crippen LogP contribution in [0, 0.1) is 5.92 Å². The lowest BCUT2D eigenvalue weighted by Crippen LogP contribution is -2.53. The second-order valence-electron chi connectivity index (χ2n) is 4.86. The number of unbranched alkanes of at least 4 members (excludes halogenated alkanes) is 4. The van der Waals surface area contributed by atoms with Gasteiger partial charge in [0.1, 0.15) is 0 Å². The van der Waals surface area contributed by atoms with Gasteiger partial charge in [-0.05, 0) is 19.3 Å². The highest BCUT2D eigenvalue weighted by Crippen LogP contribution is 2.09. The zero-order chi connectivity index (χ0) is 14.9. The Labute approximate surface area is 118 Å². The zero-order valence-electron chi connectivity index (χ0n) is 13.1. The molecule has 0 amide bonds. The van der Waals surface area contributed by atoms with Crippen molar-refractivity contribution in [2.24, 2.45) is 5.92 Å². The Kier molecular flexibility index (Phi) is 18.6. The second kappa shape index (κ2) is 17.2. The van der Waals surface area contributed by atoms with Gasteiger partial charge in [0, 0.05) is 12.5 Å². The molecule has 0 saturated carbocycles. The highest BCUT2D eigenvalue weighted by Gasteiger charge is 2.03. The van der Waals surface area contributed by atoms with Gasteiger partial charge in [0.2, 0.25) is 0 Å². The molecule has 1 unspecified atom stereocenters. The predicted molar refractivity (Wildman–Crippen MR) is 76.6 cm³/mol. The normalized spacial score (nSPS) is 11.4. The van der Waals surface area contributed by atoms with Crippen LogP contribution < -0.4 is 10.8 Å². The minimum absolute atomic E-state index is 0.280. The van der Waals surface area contributed by atoms with Gasteiger partial charge < -0.3 is 20.4 Å². The lowest BCUT2D eigenvalue weighted by atomic mass is 10.00. The SMILES string of the molecule is CCCCC(CC)C[NH3+].CCCCCCOC(=O)[O-]. The Bertz CT molecular complexity index is 182. The summed E-state index contributed by atoms with van der Waals surface area (Å²) in [5, 5.41) is 9.70. The largest absolute Gasteiger partial charge is 0.550 e. The molecular weight excluding hydrogens is 242 g/mol. The fraction of sp³-hybridized carbons (Fsp3) is 0.933. The number of carbonyl (C=O) groups is 1. The van der Waals surface area contributed by atoms with E-state index >= 15 is 0 Å². The number of carboxylic acid groups (broad SMARTS) is 1. The molecule has 0 heterocycles. The first-order valence-corrected chi connectivity index (χ1v) is 7.75. The topological polar surface area (TPSA) is 77.0 Å². The van der Waals surface area contributed by atoms with E-state index in [2.05, 4.69) is 31.2 Å². The van der Waals surface area contributed by atoms with Gasteiger partial charge in [-0.2, -0.15) is 0 Å². The minimum atomic E-state index is -1.42. The summed E-state index contributed by atoms with van der Waals surface area (Å²) in [4.78, 5) is 9.70. The van der Waals surface area contributed by atoms with E-state index in [9.17, 15) is 9.90 Å². The molecule has 0 aliphatic carbocycles. The summed E-state index contributed by atoms with van der Waals surface area (Å²) < 4.78 is 4.19. The fourth-order valence-corrected chi connectivity index (χ4v) is 1.73. The van der Waals surface area contributed by atoms with E-state index in [1.807, 2.05) is 0 Å². The third-order valence-electron chi connectivity index (χ3n) is 3.17. The number of hydrogen-bond donors (Lipinski definition) is 1. The molecule has 0 saturated heterocycles. The molecule has 4 heteroatoms. The van der Waals surface area contributed by atoms with Crippen molar-refractivity contribution < 1.29 is 20.4 Å². The Balaban J connectivity index is 0. The van der Waals surface area contributed by atoms with Crippen molar-refractivity contribution in [1.82, 2.24) is 0 Å². The van der Waals surface area contributed by atoms with Gasteiger partial charge in [-0.15, -0.1) is 0 Å². The molecule has 1 atom stereocenters. The van der Waals surface area contributed by atoms with E-state index in [0.717, 1.165) is 38.1 Å². The highest BCUT2D eigenvalue weighted by molar-refractivity contribution is 5.53. The molecule has 4 nitrogen and oxygen atoms in total. The van der Waals surface area contributed by atoms with Crippen LogP contribution in [0.1, 0.15) is 72.1 Å². The average Bonchev–Trinajstić information content (AvgIpc) is 2.40. The number of rotatable bonds is 10. The Hall–Kier alpha value is -0.770. The van der Waals surface area contributed by atoms with Crippen LogP contribution in [-0.4, -0.2) is 19.3 Å². The van der Waals surface area contributed by atoms with Crippen LogP contribution in [0.2, 0.25) is 0 Å². The van der Waals surface area contributed by atoms with Crippen LogP contribution >= 0.6 is 0 Å². The highest BCUT2D eigenvalue weighted by atomic mass is 16.7. The van der Waals surface area contributed by atoms with Gasteiger partial charge in [-0.25, -0.2) is 0 Å². The maximum Gasteiger partial charge on any atom is 0.251 e. The maximum atomic E-state index is 9.70. The summed E-state index contributed by atoms with van der Waals surface area (Å²) in [5.74, 6) is 0.893. The van der Waals surface area contributed by atoms with Gasteiger partial charge in [-0.3, -0.25) is 0 Å². The van der Waals surface area contributed by atoms with Crippen molar-refractivity contribution in [3.8, 4) is 0 Å². The smallest absolute Gasteiger partial charge is 0.251 e. The molecule has 0 aliphatic heterocycles. The average molecular weight is 275 g/mol. The Morgan fingerprint density at radius 3 is 2.16 bits per heavy atom. The molecule has 0 spiro atoms. The Morgan fingerprint density at radius 2 is 1.74 bits per heavy atom. The lowest BCUT2D eigenvalue weighted by molar-refractivity contribution is -0.379. The fourth-order valence-electron chi connectivity index (χ4n) is 1.73. The monoisotopic (exact) mass is 275 g/mol. The third-order valence-corrected chi connectivity index (χ3v) is 3.17. The molecule has 0 rings (SSSR count). The summed E-state index contributed by atoms with van der Waals surface area (Å²) in [6.45, 7) is 8.00. The molecular formula is C15H33NO3. The van der Waals surface area contributed by atoms with Gasteiger partial charge in [0.05, 0.1) is 6.54 Å². The van der Waals surface area contributed by atoms with E-state index in [1.54, 1.807) is 0 Å². The van der Waals surface area contributed by atoms with Crippen molar-refractivity contribution in [3.63, 3.8) is 0 Å². The van der Waals surface area contributed by atoms with Gasteiger partial charge in [0.25, 0.3) is 6.16 Å². The molecule has 0 radical (unpaired) electrons. The number of ether oxygens (including phenoxy) is 1. The third kappa shape index (κ3) is 19.7. The van der Waals surface area contributed by atoms with E-state index in [4.69, 9.17) is 0 Å². The number of quaternary nitrogens is 1. The lowest BCUT2D eigenvalue weighted by Gasteiger charge is -2.07. The van der Waals surface area contributed by atoms with Gasteiger partial charge >= 0.3 is 0 Å². The summed E-state index contributed by atoms with van der Waals surface area (Å²) in [7, 11) is 0. The first kappa shape index (κ1) is 20.5. The van der Waals surface area contributed by atoms with Gasteiger partial charge in [-0.1, -0.05) is 52.9 Å². The first-order valence-electron chi connectivity index (χ1n) is 7.75. The predicted octanol–water partition coefficient (Wildman–Crippen LogP) is 2.37. The first-order chi connectivity index (χ1) is 9.12. The van der Waals surface area contributed by atoms with Crippen molar-refractivity contribution in [2.45, 2.75) is 72.1 Å². The van der Waals surface area contributed by atoms with Crippen molar-refractivity contribution >= 4 is 6.16 Å². The van der Waals surface area contributed by atoms with E-state index in [-0.39, 0.29) is 6.61 Å². The molecule has 116 valence electrons. The van der Waals surface area contributed by atoms with Crippen molar-refractivity contribution in [2.75, 3.05) is 13.2 Å². The standard InChI is InChI=1S/C8H19N.C7H14O3/c1-3-5-6-8(4-2)7-9;1-2-3-4-5-6-10-7(8)9/h8H,3-7,9H2,1-2H3;2-6H2,1H3,(H,8,9). The molecule has 0 aromatic carbocycles. The minimum Gasteiger partial charge on any atom is -0.550 e. The summed E-state index contributed by atoms with van der Waals surface area (Å²) >= 11 is 0. The van der Waals surface area contributed by atoms with Crippen LogP contribution in [0.5, 0.6) is 0 Å². The zero-order valence-corrected chi connectivity index (χ0v) is 13.1. The van der Waals surface area contributed by atoms with E-state index in [0.29, 0.717) is 0 Å². The molecule has 0 aliphatic rings. The van der Waals surface area contributed by atoms with Crippen LogP contribution in [0.4, 0.5) is 4.79 Å². The summed E-state index contributed by atoms with van der Waals surface area (Å²) in [6, 6.07) is 0. The molecule has 0 aromatic heterocycles. The molecule has 19 heavy (non-hydrogen) atoms. The maximum absolute atomic E-state index is 9.70. The van der Waals surface area contributed by atoms with Crippen molar-refractivity contribution in [3.05, 3.63) is 0 Å². The van der Waals surface area contributed by atoms with Crippen LogP contribution in [-0.2, 0) is 4.74 Å². The molecule has 0 bridgehead atoms. The number of carbonyl (C=O) groups excluding carboxylic acids is 1. The quantitative estimate of drug-likeness (QED) is 0.491. The van der Waals surface area contributed by atoms with Crippen LogP contribution in [0.15, 0.2) is 0 Å². The Morgan fingerprint density at radius 1 is 1.11 bits per heavy atom. The van der Waals surface area contributed by atoms with Crippen molar-refractivity contribution in [1.29, 1.82) is 0 Å². The van der Waals surface area contributed by atoms with E-state index in [1.165, 1.54) is 25.7 Å². The summed E-state index contributed by atoms with van der Waals surface area (Å²) in [5.41, 5.74) is 3.91. The van der Waals surface area contributed by atoms with E-state index < -0.39 is 6.16 Å². The molecule has 3 N–H and O–H groups in total. The van der Waals surface area contributed by atoms with Gasteiger partial charge in [0.15, 0.2) is 0 Å². The van der Waals surface area contributed by atoms with Crippen LogP contribution in [0.25, 0.3) is 0 Å². The van der Waals surface area contributed by atoms with Crippen LogP contribution in [0.3, 0.4) is 0 Å².